The number of nitrogens with one attached hydrogen (secondary N) is 1. The molecular formula is C35H27BrClN3O4S. The van der Waals surface area contributed by atoms with Gasteiger partial charge in [-0.05, 0) is 94.2 Å². The molecule has 45 heavy (non-hydrogen) atoms. The molecule has 4 aromatic carbocycles. The number of thiazole rings is 1. The SMILES string of the molecule is COc1cccc([C@H]2C(C(=O)Nc3ccccc3)=C(C)N=c3s/c(=C\c4ccc(OCc5ccc(Cl)cc5)c(Br)c4)c(=O)n32)c1. The number of rotatable bonds is 8. The monoisotopic (exact) mass is 699 g/mol. The normalized spacial score (nSPS) is 14.5. The van der Waals surface area contributed by atoms with Crippen molar-refractivity contribution in [2.24, 2.45) is 4.99 Å². The molecule has 1 atom stereocenters. The van der Waals surface area contributed by atoms with E-state index >= 15 is 0 Å². The van der Waals surface area contributed by atoms with Crippen LogP contribution in [0.3, 0.4) is 0 Å². The summed E-state index contributed by atoms with van der Waals surface area (Å²) in [6, 6.07) is 29.0. The molecule has 0 bridgehead atoms. The Labute approximate surface area is 276 Å². The van der Waals surface area contributed by atoms with E-state index in [4.69, 9.17) is 26.1 Å². The van der Waals surface area contributed by atoms with E-state index in [-0.39, 0.29) is 11.5 Å². The maximum absolute atomic E-state index is 14.1. The molecule has 5 aromatic rings. The molecule has 7 nitrogen and oxygen atoms in total. The Kier molecular flexibility index (Phi) is 9.02. The molecular weight excluding hydrogens is 674 g/mol. The van der Waals surface area contributed by atoms with Crippen molar-refractivity contribution in [1.29, 1.82) is 0 Å². The van der Waals surface area contributed by atoms with Gasteiger partial charge in [0.25, 0.3) is 11.5 Å². The van der Waals surface area contributed by atoms with Crippen LogP contribution in [0.15, 0.2) is 123 Å². The van der Waals surface area contributed by atoms with Crippen LogP contribution < -0.4 is 29.7 Å². The minimum atomic E-state index is -0.711. The van der Waals surface area contributed by atoms with Gasteiger partial charge in [0, 0.05) is 10.7 Å². The highest BCUT2D eigenvalue weighted by Gasteiger charge is 2.32. The zero-order valence-corrected chi connectivity index (χ0v) is 27.4. The summed E-state index contributed by atoms with van der Waals surface area (Å²) in [5, 5.41) is 3.64. The first-order valence-electron chi connectivity index (χ1n) is 14.0. The Balaban J connectivity index is 1.37. The maximum atomic E-state index is 14.1. The van der Waals surface area contributed by atoms with Gasteiger partial charge in [0.15, 0.2) is 4.80 Å². The molecule has 1 aliphatic heterocycles. The van der Waals surface area contributed by atoms with Crippen molar-refractivity contribution in [3.8, 4) is 11.5 Å². The van der Waals surface area contributed by atoms with Crippen LogP contribution in [-0.4, -0.2) is 17.6 Å². The van der Waals surface area contributed by atoms with Crippen LogP contribution in [0.5, 0.6) is 11.5 Å². The van der Waals surface area contributed by atoms with Crippen molar-refractivity contribution >= 4 is 56.5 Å². The van der Waals surface area contributed by atoms with Crippen LogP contribution in [0.4, 0.5) is 5.69 Å². The Hall–Kier alpha value is -4.44. The number of anilines is 1. The highest BCUT2D eigenvalue weighted by molar-refractivity contribution is 9.10. The van der Waals surface area contributed by atoms with Crippen molar-refractivity contribution in [1.82, 2.24) is 4.57 Å². The predicted molar refractivity (Wildman–Crippen MR) is 182 cm³/mol. The number of nitrogens with zero attached hydrogens (tertiary/aromatic N) is 2. The fourth-order valence-corrected chi connectivity index (χ4v) is 6.76. The molecule has 226 valence electrons. The third-order valence-corrected chi connectivity index (χ3v) is 9.12. The lowest BCUT2D eigenvalue weighted by molar-refractivity contribution is -0.113. The minimum absolute atomic E-state index is 0.247. The summed E-state index contributed by atoms with van der Waals surface area (Å²) >= 11 is 10.9. The van der Waals surface area contributed by atoms with Gasteiger partial charge in [-0.25, -0.2) is 4.99 Å². The van der Waals surface area contributed by atoms with Crippen molar-refractivity contribution in [2.45, 2.75) is 19.6 Å². The smallest absolute Gasteiger partial charge is 0.271 e. The molecule has 6 rings (SSSR count). The first-order chi connectivity index (χ1) is 21.8. The van der Waals surface area contributed by atoms with E-state index in [1.165, 1.54) is 11.3 Å². The van der Waals surface area contributed by atoms with E-state index in [1.54, 1.807) is 18.6 Å². The lowest BCUT2D eigenvalue weighted by Gasteiger charge is -2.25. The number of hydrogen-bond acceptors (Lipinski definition) is 6. The maximum Gasteiger partial charge on any atom is 0.271 e. The molecule has 0 spiro atoms. The van der Waals surface area contributed by atoms with Gasteiger partial charge in [-0.15, -0.1) is 0 Å². The highest BCUT2D eigenvalue weighted by Crippen LogP contribution is 2.32. The number of halogens is 2. The number of benzene rings is 4. The molecule has 2 heterocycles. The van der Waals surface area contributed by atoms with Gasteiger partial charge in [0.05, 0.1) is 33.4 Å². The summed E-state index contributed by atoms with van der Waals surface area (Å²) in [6.07, 6.45) is 1.82. The topological polar surface area (TPSA) is 81.9 Å². The average molecular weight is 701 g/mol. The second kappa shape index (κ2) is 13.3. The number of amides is 1. The van der Waals surface area contributed by atoms with Crippen LogP contribution in [0.1, 0.15) is 29.7 Å². The number of methoxy groups -OCH3 is 1. The molecule has 10 heteroatoms. The third-order valence-electron chi connectivity index (χ3n) is 7.27. The van der Waals surface area contributed by atoms with E-state index in [1.807, 2.05) is 103 Å². The lowest BCUT2D eigenvalue weighted by atomic mass is 9.95. The number of aromatic nitrogens is 1. The summed E-state index contributed by atoms with van der Waals surface area (Å²) in [4.78, 5) is 33.1. The van der Waals surface area contributed by atoms with E-state index in [9.17, 15) is 9.59 Å². The van der Waals surface area contributed by atoms with Crippen LogP contribution >= 0.6 is 38.9 Å². The molecule has 0 radical (unpaired) electrons. The first-order valence-corrected chi connectivity index (χ1v) is 16.0. The summed E-state index contributed by atoms with van der Waals surface area (Å²) in [5.74, 6) is 0.962. The van der Waals surface area contributed by atoms with E-state index in [0.29, 0.717) is 49.4 Å². The molecule has 0 fully saturated rings. The largest absolute Gasteiger partial charge is 0.497 e. The van der Waals surface area contributed by atoms with Crippen LogP contribution in [0.2, 0.25) is 5.02 Å². The predicted octanol–water partition coefficient (Wildman–Crippen LogP) is 6.88. The molecule has 0 saturated carbocycles. The number of carbonyl (C=O) groups excluding carboxylic acids is 1. The quantitative estimate of drug-likeness (QED) is 0.192. The molecule has 0 aliphatic carbocycles. The second-order valence-electron chi connectivity index (χ2n) is 10.3. The van der Waals surface area contributed by atoms with E-state index in [2.05, 4.69) is 21.2 Å². The van der Waals surface area contributed by atoms with Gasteiger partial charge in [-0.3, -0.25) is 14.2 Å². The van der Waals surface area contributed by atoms with E-state index in [0.717, 1.165) is 21.2 Å². The summed E-state index contributed by atoms with van der Waals surface area (Å²) in [5.41, 5.74) is 3.86. The third kappa shape index (κ3) is 6.66. The summed E-state index contributed by atoms with van der Waals surface area (Å²) in [7, 11) is 1.58. The Bertz CT molecular complexity index is 2110. The Morgan fingerprint density at radius 2 is 1.82 bits per heavy atom. The molecule has 0 unspecified atom stereocenters. The minimum Gasteiger partial charge on any atom is -0.497 e. The summed E-state index contributed by atoms with van der Waals surface area (Å²) < 4.78 is 14.3. The molecule has 1 aromatic heterocycles. The molecule has 1 N–H and O–H groups in total. The van der Waals surface area contributed by atoms with Crippen molar-refractivity contribution in [3.05, 3.63) is 154 Å². The fourth-order valence-electron chi connectivity index (χ4n) is 5.08. The zero-order valence-electron chi connectivity index (χ0n) is 24.3. The van der Waals surface area contributed by atoms with Gasteiger partial charge < -0.3 is 14.8 Å². The highest BCUT2D eigenvalue weighted by atomic mass is 79.9. The van der Waals surface area contributed by atoms with Gasteiger partial charge in [0.2, 0.25) is 0 Å². The number of hydrogen-bond donors (Lipinski definition) is 1. The van der Waals surface area contributed by atoms with Gasteiger partial charge in [0.1, 0.15) is 18.1 Å². The molecule has 1 aliphatic rings. The van der Waals surface area contributed by atoms with Crippen LogP contribution in [0.25, 0.3) is 6.08 Å². The number of fused-ring (bicyclic) bond motifs is 1. The van der Waals surface area contributed by atoms with Crippen molar-refractivity contribution in [3.63, 3.8) is 0 Å². The number of carbonyl (C=O) groups is 1. The van der Waals surface area contributed by atoms with E-state index < -0.39 is 6.04 Å². The molecule has 1 amide bonds. The second-order valence-corrected chi connectivity index (χ2v) is 12.6. The zero-order chi connectivity index (χ0) is 31.5. The summed E-state index contributed by atoms with van der Waals surface area (Å²) in [6.45, 7) is 2.18. The van der Waals surface area contributed by atoms with Crippen molar-refractivity contribution < 1.29 is 14.3 Å². The van der Waals surface area contributed by atoms with Gasteiger partial charge >= 0.3 is 0 Å². The molecule has 0 saturated heterocycles. The Morgan fingerprint density at radius 1 is 1.04 bits per heavy atom. The van der Waals surface area contributed by atoms with Gasteiger partial charge in [-0.2, -0.15) is 0 Å². The Morgan fingerprint density at radius 3 is 2.56 bits per heavy atom. The number of ether oxygens (including phenoxy) is 2. The van der Waals surface area contributed by atoms with Crippen LogP contribution in [-0.2, 0) is 11.4 Å². The van der Waals surface area contributed by atoms with Gasteiger partial charge in [-0.1, -0.05) is 71.5 Å². The fraction of sp³-hybridized carbons (Fsp3) is 0.114. The average Bonchev–Trinajstić information content (AvgIpc) is 3.34. The number of para-hydroxylation sites is 1. The van der Waals surface area contributed by atoms with Crippen molar-refractivity contribution in [2.75, 3.05) is 12.4 Å². The lowest BCUT2D eigenvalue weighted by Crippen LogP contribution is -2.40. The standard InChI is InChI=1S/C35H27BrClN3O4S/c1-21-31(33(41)39-26-8-4-3-5-9-26)32(24-7-6-10-27(19-24)43-2)40-34(42)30(45-35(40)38-21)18-23-13-16-29(28(36)17-23)44-20-22-11-14-25(37)15-12-22/h3-19,32H,20H2,1-2H3,(H,39,41)/b30-18-/t32-/m0/s1. The number of allylic oxidation sites excluding steroid dienone is 1. The van der Waals surface area contributed by atoms with Crippen LogP contribution in [0, 0.1) is 0 Å². The first kappa shape index (κ1) is 30.6.